The minimum Gasteiger partial charge on any atom is -0.497 e. The number of methoxy groups -OCH3 is 2. The Morgan fingerprint density at radius 2 is 1.82 bits per heavy atom. The van der Waals surface area contributed by atoms with Crippen LogP contribution in [-0.4, -0.2) is 30.2 Å². The highest BCUT2D eigenvalue weighted by atomic mass is 16.5. The molecule has 0 aliphatic heterocycles. The summed E-state index contributed by atoms with van der Waals surface area (Å²) in [5.74, 6) is 3.76. The van der Waals surface area contributed by atoms with E-state index in [0.717, 1.165) is 28.9 Å². The maximum atomic E-state index is 5.39. The summed E-state index contributed by atoms with van der Waals surface area (Å²) in [5, 5.41) is 6.67. The van der Waals surface area contributed by atoms with Gasteiger partial charge < -0.3 is 20.1 Å². The first-order valence-corrected chi connectivity index (χ1v) is 7.29. The number of aromatic nitrogens is 2. The number of nitrogens with zero attached hydrogens (tertiary/aromatic N) is 2. The van der Waals surface area contributed by atoms with E-state index >= 15 is 0 Å². The number of aryl methyl sites for hydroxylation is 1. The van der Waals surface area contributed by atoms with Gasteiger partial charge in [0, 0.05) is 18.2 Å². The molecule has 6 heteroatoms. The van der Waals surface area contributed by atoms with Gasteiger partial charge in [0.25, 0.3) is 0 Å². The quantitative estimate of drug-likeness (QED) is 0.854. The number of nitrogens with one attached hydrogen (secondary N) is 2. The highest BCUT2D eigenvalue weighted by molar-refractivity contribution is 5.67. The molecule has 2 N–H and O–H groups in total. The topological polar surface area (TPSA) is 68.3 Å². The summed E-state index contributed by atoms with van der Waals surface area (Å²) < 4.78 is 10.6. The van der Waals surface area contributed by atoms with Crippen LogP contribution in [0.5, 0.6) is 11.5 Å². The van der Waals surface area contributed by atoms with Crippen molar-refractivity contribution in [1.29, 1.82) is 0 Å². The number of anilines is 3. The SMILES string of the molecule is COc1ccc(Nc2cc(NC3CC3)nc(C)n2)c(OC)c1. The molecule has 1 saturated carbocycles. The molecule has 116 valence electrons. The third kappa shape index (κ3) is 3.39. The molecule has 1 aromatic heterocycles. The van der Waals surface area contributed by atoms with Crippen molar-refractivity contribution < 1.29 is 9.47 Å². The fourth-order valence-electron chi connectivity index (χ4n) is 2.18. The maximum Gasteiger partial charge on any atom is 0.146 e. The minimum absolute atomic E-state index is 0.553. The van der Waals surface area contributed by atoms with Crippen LogP contribution in [0.3, 0.4) is 0 Å². The van der Waals surface area contributed by atoms with Crippen LogP contribution >= 0.6 is 0 Å². The van der Waals surface area contributed by atoms with Gasteiger partial charge in [-0.3, -0.25) is 0 Å². The van der Waals surface area contributed by atoms with Crippen molar-refractivity contribution in [2.75, 3.05) is 24.9 Å². The average molecular weight is 300 g/mol. The van der Waals surface area contributed by atoms with Crippen molar-refractivity contribution >= 4 is 17.3 Å². The lowest BCUT2D eigenvalue weighted by atomic mass is 10.2. The second kappa shape index (κ2) is 6.09. The molecular weight excluding hydrogens is 280 g/mol. The first-order chi connectivity index (χ1) is 10.7. The van der Waals surface area contributed by atoms with Crippen LogP contribution in [0.2, 0.25) is 0 Å². The summed E-state index contributed by atoms with van der Waals surface area (Å²) >= 11 is 0. The highest BCUT2D eigenvalue weighted by Crippen LogP contribution is 2.32. The summed E-state index contributed by atoms with van der Waals surface area (Å²) in [6.07, 6.45) is 2.41. The van der Waals surface area contributed by atoms with Gasteiger partial charge in [0.1, 0.15) is 29.0 Å². The molecule has 0 unspecified atom stereocenters. The van der Waals surface area contributed by atoms with E-state index < -0.39 is 0 Å². The van der Waals surface area contributed by atoms with E-state index in [2.05, 4.69) is 20.6 Å². The molecule has 0 spiro atoms. The molecule has 0 bridgehead atoms. The van der Waals surface area contributed by atoms with E-state index in [9.17, 15) is 0 Å². The van der Waals surface area contributed by atoms with Crippen molar-refractivity contribution in [2.45, 2.75) is 25.8 Å². The van der Waals surface area contributed by atoms with Crippen LogP contribution in [-0.2, 0) is 0 Å². The summed E-state index contributed by atoms with van der Waals surface area (Å²) in [4.78, 5) is 8.84. The van der Waals surface area contributed by atoms with E-state index in [-0.39, 0.29) is 0 Å². The van der Waals surface area contributed by atoms with Crippen LogP contribution in [0.25, 0.3) is 0 Å². The lowest BCUT2D eigenvalue weighted by Crippen LogP contribution is -2.06. The van der Waals surface area contributed by atoms with E-state index in [0.29, 0.717) is 11.8 Å². The third-order valence-corrected chi connectivity index (χ3v) is 3.44. The van der Waals surface area contributed by atoms with Crippen LogP contribution in [0.1, 0.15) is 18.7 Å². The van der Waals surface area contributed by atoms with E-state index in [4.69, 9.17) is 9.47 Å². The second-order valence-electron chi connectivity index (χ2n) is 5.30. The van der Waals surface area contributed by atoms with Crippen LogP contribution in [0, 0.1) is 6.92 Å². The monoisotopic (exact) mass is 300 g/mol. The van der Waals surface area contributed by atoms with Gasteiger partial charge >= 0.3 is 0 Å². The Morgan fingerprint density at radius 3 is 2.50 bits per heavy atom. The number of hydrogen-bond donors (Lipinski definition) is 2. The minimum atomic E-state index is 0.553. The van der Waals surface area contributed by atoms with Gasteiger partial charge in [-0.2, -0.15) is 0 Å². The van der Waals surface area contributed by atoms with E-state index in [1.54, 1.807) is 14.2 Å². The van der Waals surface area contributed by atoms with Crippen LogP contribution < -0.4 is 20.1 Å². The molecule has 6 nitrogen and oxygen atoms in total. The lowest BCUT2D eigenvalue weighted by molar-refractivity contribution is 0.395. The molecule has 1 fully saturated rings. The zero-order chi connectivity index (χ0) is 15.5. The van der Waals surface area contributed by atoms with Crippen molar-refractivity contribution in [3.05, 3.63) is 30.1 Å². The Hall–Kier alpha value is -2.50. The number of ether oxygens (including phenoxy) is 2. The van der Waals surface area contributed by atoms with Crippen LogP contribution in [0.15, 0.2) is 24.3 Å². The van der Waals surface area contributed by atoms with Crippen molar-refractivity contribution in [3.63, 3.8) is 0 Å². The third-order valence-electron chi connectivity index (χ3n) is 3.44. The highest BCUT2D eigenvalue weighted by Gasteiger charge is 2.21. The normalized spacial score (nSPS) is 13.6. The van der Waals surface area contributed by atoms with Crippen molar-refractivity contribution in [2.24, 2.45) is 0 Å². The maximum absolute atomic E-state index is 5.39. The Morgan fingerprint density at radius 1 is 1.05 bits per heavy atom. The fourth-order valence-corrected chi connectivity index (χ4v) is 2.18. The molecule has 0 atom stereocenters. The second-order valence-corrected chi connectivity index (χ2v) is 5.30. The summed E-state index contributed by atoms with van der Waals surface area (Å²) in [7, 11) is 3.26. The molecule has 1 heterocycles. The van der Waals surface area contributed by atoms with Gasteiger partial charge in [-0.05, 0) is 31.9 Å². The number of hydrogen-bond acceptors (Lipinski definition) is 6. The molecule has 1 aromatic carbocycles. The predicted molar refractivity (Wildman–Crippen MR) is 86.2 cm³/mol. The lowest BCUT2D eigenvalue weighted by Gasteiger charge is -2.13. The van der Waals surface area contributed by atoms with Crippen molar-refractivity contribution in [1.82, 2.24) is 9.97 Å². The predicted octanol–water partition coefficient (Wildman–Crippen LogP) is 3.12. The van der Waals surface area contributed by atoms with Crippen molar-refractivity contribution in [3.8, 4) is 11.5 Å². The number of benzene rings is 1. The van der Waals surface area contributed by atoms with Gasteiger partial charge in [0.2, 0.25) is 0 Å². The zero-order valence-electron chi connectivity index (χ0n) is 13.0. The van der Waals surface area contributed by atoms with Crippen LogP contribution in [0.4, 0.5) is 17.3 Å². The van der Waals surface area contributed by atoms with E-state index in [1.165, 1.54) is 12.8 Å². The first kappa shape index (κ1) is 14.4. The largest absolute Gasteiger partial charge is 0.497 e. The summed E-state index contributed by atoms with van der Waals surface area (Å²) in [5.41, 5.74) is 0.832. The standard InChI is InChI=1S/C16H20N4O2/c1-10-17-15(19-11-4-5-11)9-16(18-10)20-13-7-6-12(21-2)8-14(13)22-3/h6-9,11H,4-5H2,1-3H3,(H2,17,18,19,20). The molecule has 2 aromatic rings. The Balaban J connectivity index is 1.84. The Bertz CT molecular complexity index is 671. The summed E-state index contributed by atoms with van der Waals surface area (Å²) in [6, 6.07) is 8.08. The molecule has 0 amide bonds. The first-order valence-electron chi connectivity index (χ1n) is 7.29. The molecule has 0 saturated heterocycles. The van der Waals surface area contributed by atoms with Gasteiger partial charge in [0.15, 0.2) is 0 Å². The molecule has 22 heavy (non-hydrogen) atoms. The molecule has 3 rings (SSSR count). The summed E-state index contributed by atoms with van der Waals surface area (Å²) in [6.45, 7) is 1.88. The average Bonchev–Trinajstić information content (AvgIpc) is 3.31. The zero-order valence-corrected chi connectivity index (χ0v) is 13.0. The van der Waals surface area contributed by atoms with E-state index in [1.807, 2.05) is 31.2 Å². The Kier molecular flexibility index (Phi) is 4.00. The fraction of sp³-hybridized carbons (Fsp3) is 0.375. The molecular formula is C16H20N4O2. The van der Waals surface area contributed by atoms with Gasteiger partial charge in [0.05, 0.1) is 19.9 Å². The smallest absolute Gasteiger partial charge is 0.146 e. The van der Waals surface area contributed by atoms with Gasteiger partial charge in [-0.15, -0.1) is 0 Å². The molecule has 1 aliphatic rings. The number of rotatable bonds is 6. The van der Waals surface area contributed by atoms with Gasteiger partial charge in [-0.25, -0.2) is 9.97 Å². The molecule has 0 radical (unpaired) electrons. The Labute approximate surface area is 129 Å². The molecule has 1 aliphatic carbocycles. The van der Waals surface area contributed by atoms with Gasteiger partial charge in [-0.1, -0.05) is 0 Å².